The van der Waals surface area contributed by atoms with Crippen molar-refractivity contribution in [2.45, 2.75) is 40.2 Å². The molecule has 2 aliphatic rings. The van der Waals surface area contributed by atoms with Crippen LogP contribution in [0, 0.1) is 24.1 Å². The minimum Gasteiger partial charge on any atom is -0.368 e. The molecular formula is C27H30FN5O2S2. The smallest absolute Gasteiger partial charge is 0.270 e. The average Bonchev–Trinajstić information content (AvgIpc) is 3.17. The molecule has 2 fully saturated rings. The number of nitriles is 1. The molecule has 194 valence electrons. The molecule has 0 radical (unpaired) electrons. The lowest BCUT2D eigenvalue weighted by molar-refractivity contribution is -0.121. The summed E-state index contributed by atoms with van der Waals surface area (Å²) in [4.78, 5) is 32.9. The van der Waals surface area contributed by atoms with Crippen molar-refractivity contribution in [3.8, 4) is 6.07 Å². The normalized spacial score (nSPS) is 17.2. The van der Waals surface area contributed by atoms with Crippen LogP contribution >= 0.6 is 24.0 Å². The fraction of sp³-hybridized carbons (Fsp3) is 0.407. The SMILES string of the molecule is CCCCn1c(N2CCN(c3ccc(F)cc3)CC2)c(C=C2SC(=S)N(CC)C2=O)c(C)c(C#N)c1=O. The summed E-state index contributed by atoms with van der Waals surface area (Å²) in [5, 5.41) is 9.86. The number of carbonyl (C=O) groups excluding carboxylic acids is 1. The third-order valence-corrected chi connectivity index (χ3v) is 8.20. The summed E-state index contributed by atoms with van der Waals surface area (Å²) in [6, 6.07) is 8.56. The maximum Gasteiger partial charge on any atom is 0.270 e. The Morgan fingerprint density at radius 2 is 1.76 bits per heavy atom. The van der Waals surface area contributed by atoms with Gasteiger partial charge in [0.25, 0.3) is 11.5 Å². The Balaban J connectivity index is 1.79. The number of pyridine rings is 1. The first-order chi connectivity index (χ1) is 17.8. The van der Waals surface area contributed by atoms with Gasteiger partial charge in [0.15, 0.2) is 0 Å². The van der Waals surface area contributed by atoms with Gasteiger partial charge in [0, 0.05) is 50.5 Å². The fourth-order valence-corrected chi connectivity index (χ4v) is 6.11. The Morgan fingerprint density at radius 3 is 2.32 bits per heavy atom. The lowest BCUT2D eigenvalue weighted by Crippen LogP contribution is -2.48. The second-order valence-corrected chi connectivity index (χ2v) is 10.7. The number of thiocarbonyl (C=S) groups is 1. The van der Waals surface area contributed by atoms with Gasteiger partial charge in [0.2, 0.25) is 0 Å². The van der Waals surface area contributed by atoms with E-state index in [9.17, 15) is 19.2 Å². The van der Waals surface area contributed by atoms with Crippen LogP contribution in [0.4, 0.5) is 15.9 Å². The second kappa shape index (κ2) is 11.5. The van der Waals surface area contributed by atoms with E-state index in [1.165, 1.54) is 23.9 Å². The van der Waals surface area contributed by atoms with Crippen molar-refractivity contribution in [2.24, 2.45) is 0 Å². The third-order valence-electron chi connectivity index (χ3n) is 6.82. The summed E-state index contributed by atoms with van der Waals surface area (Å²) < 4.78 is 15.6. The molecule has 2 aromatic rings. The highest BCUT2D eigenvalue weighted by Crippen LogP contribution is 2.36. The van der Waals surface area contributed by atoms with E-state index in [1.807, 2.05) is 6.92 Å². The number of aromatic nitrogens is 1. The van der Waals surface area contributed by atoms with E-state index in [1.54, 1.807) is 34.6 Å². The van der Waals surface area contributed by atoms with Crippen molar-refractivity contribution in [1.29, 1.82) is 5.26 Å². The predicted octanol–water partition coefficient (Wildman–Crippen LogP) is 4.52. The van der Waals surface area contributed by atoms with Gasteiger partial charge in [-0.25, -0.2) is 4.39 Å². The van der Waals surface area contributed by atoms with E-state index in [0.29, 0.717) is 59.6 Å². The van der Waals surface area contributed by atoms with Gasteiger partial charge in [-0.15, -0.1) is 0 Å². The van der Waals surface area contributed by atoms with Crippen molar-refractivity contribution in [1.82, 2.24) is 9.47 Å². The molecule has 2 saturated heterocycles. The molecule has 10 heteroatoms. The lowest BCUT2D eigenvalue weighted by atomic mass is 10.0. The van der Waals surface area contributed by atoms with Crippen LogP contribution in [-0.4, -0.2) is 52.4 Å². The molecule has 1 aromatic carbocycles. The molecule has 37 heavy (non-hydrogen) atoms. The van der Waals surface area contributed by atoms with E-state index < -0.39 is 0 Å². The molecule has 0 N–H and O–H groups in total. The topological polar surface area (TPSA) is 72.6 Å². The fourth-order valence-electron chi connectivity index (χ4n) is 4.74. The number of rotatable bonds is 7. The molecule has 4 rings (SSSR count). The number of amides is 1. The number of halogens is 1. The van der Waals surface area contributed by atoms with Crippen LogP contribution < -0.4 is 15.4 Å². The second-order valence-electron chi connectivity index (χ2n) is 9.04. The van der Waals surface area contributed by atoms with Crippen molar-refractivity contribution in [3.63, 3.8) is 0 Å². The zero-order valence-corrected chi connectivity index (χ0v) is 22.9. The molecule has 0 spiro atoms. The number of anilines is 2. The number of thioether (sulfide) groups is 1. The maximum absolute atomic E-state index is 13.5. The van der Waals surface area contributed by atoms with Gasteiger partial charge >= 0.3 is 0 Å². The first-order valence-electron chi connectivity index (χ1n) is 12.5. The van der Waals surface area contributed by atoms with Gasteiger partial charge in [-0.3, -0.25) is 19.1 Å². The van der Waals surface area contributed by atoms with Crippen molar-refractivity contribution in [3.05, 3.63) is 62.0 Å². The number of nitrogens with zero attached hydrogens (tertiary/aromatic N) is 5. The Morgan fingerprint density at radius 1 is 1.11 bits per heavy atom. The predicted molar refractivity (Wildman–Crippen MR) is 151 cm³/mol. The molecule has 0 aliphatic carbocycles. The highest BCUT2D eigenvalue weighted by atomic mass is 32.2. The quantitative estimate of drug-likeness (QED) is 0.379. The highest BCUT2D eigenvalue weighted by molar-refractivity contribution is 8.26. The van der Waals surface area contributed by atoms with E-state index in [0.717, 1.165) is 24.3 Å². The number of hydrogen-bond donors (Lipinski definition) is 0. The monoisotopic (exact) mass is 539 g/mol. The molecule has 0 unspecified atom stereocenters. The van der Waals surface area contributed by atoms with E-state index in [4.69, 9.17) is 12.2 Å². The summed E-state index contributed by atoms with van der Waals surface area (Å²) >= 11 is 6.65. The zero-order chi connectivity index (χ0) is 26.7. The minimum atomic E-state index is -0.303. The van der Waals surface area contributed by atoms with Gasteiger partial charge in [-0.05, 0) is 56.2 Å². The standard InChI is InChI=1S/C27H30FN5O2S2/c1-4-6-11-33-24(31-14-12-30(13-15-31)20-9-7-19(28)8-10-20)21(18(3)22(17-29)25(33)34)16-23-26(35)32(5-2)27(36)37-23/h7-10,16H,4-6,11-15H2,1-3H3. The first kappa shape index (κ1) is 26.9. The molecule has 0 atom stereocenters. The highest BCUT2D eigenvalue weighted by Gasteiger charge is 2.32. The number of unbranched alkanes of at least 4 members (excludes halogenated alkanes) is 1. The van der Waals surface area contributed by atoms with Gasteiger partial charge in [0.05, 0.1) is 4.91 Å². The maximum atomic E-state index is 13.5. The summed E-state index contributed by atoms with van der Waals surface area (Å²) in [7, 11) is 0. The Kier molecular flexibility index (Phi) is 8.35. The summed E-state index contributed by atoms with van der Waals surface area (Å²) in [6.07, 6.45) is 3.48. The van der Waals surface area contributed by atoms with Crippen LogP contribution in [-0.2, 0) is 11.3 Å². The number of carbonyl (C=O) groups is 1. The molecule has 2 aliphatic heterocycles. The van der Waals surface area contributed by atoms with Gasteiger partial charge in [-0.1, -0.05) is 37.3 Å². The lowest BCUT2D eigenvalue weighted by Gasteiger charge is -2.39. The molecule has 7 nitrogen and oxygen atoms in total. The minimum absolute atomic E-state index is 0.0991. The van der Waals surface area contributed by atoms with Crippen molar-refractivity contribution < 1.29 is 9.18 Å². The molecular weight excluding hydrogens is 509 g/mol. The Labute approximate surface area is 226 Å². The summed E-state index contributed by atoms with van der Waals surface area (Å²) in [5.41, 5.74) is 2.02. The van der Waals surface area contributed by atoms with Crippen molar-refractivity contribution in [2.75, 3.05) is 42.5 Å². The first-order valence-corrected chi connectivity index (χ1v) is 13.7. The van der Waals surface area contributed by atoms with E-state index >= 15 is 0 Å². The van der Waals surface area contributed by atoms with Crippen LogP contribution in [0.15, 0.2) is 34.0 Å². The Bertz CT molecular complexity index is 1340. The van der Waals surface area contributed by atoms with Gasteiger partial charge in [0.1, 0.15) is 27.6 Å². The van der Waals surface area contributed by atoms with Gasteiger partial charge in [-0.2, -0.15) is 5.26 Å². The zero-order valence-electron chi connectivity index (χ0n) is 21.3. The van der Waals surface area contributed by atoms with E-state index in [-0.39, 0.29) is 22.8 Å². The van der Waals surface area contributed by atoms with Crippen LogP contribution in [0.2, 0.25) is 0 Å². The summed E-state index contributed by atoms with van der Waals surface area (Å²) in [6.45, 7) is 9.30. The Hall–Kier alpha value is -3.16. The van der Waals surface area contributed by atoms with Crippen LogP contribution in [0.25, 0.3) is 6.08 Å². The number of piperazine rings is 1. The molecule has 0 bridgehead atoms. The molecule has 1 amide bonds. The molecule has 3 heterocycles. The van der Waals surface area contributed by atoms with Gasteiger partial charge < -0.3 is 9.80 Å². The van der Waals surface area contributed by atoms with Crippen molar-refractivity contribution >= 4 is 51.8 Å². The molecule has 0 saturated carbocycles. The summed E-state index contributed by atoms with van der Waals surface area (Å²) in [5.74, 6) is 0.304. The largest absolute Gasteiger partial charge is 0.368 e. The van der Waals surface area contributed by atoms with E-state index in [2.05, 4.69) is 22.8 Å². The molecule has 1 aromatic heterocycles. The number of hydrogen-bond acceptors (Lipinski definition) is 7. The van der Waals surface area contributed by atoms with Crippen LogP contribution in [0.5, 0.6) is 0 Å². The van der Waals surface area contributed by atoms with Crippen LogP contribution in [0.3, 0.4) is 0 Å². The van der Waals surface area contributed by atoms with Crippen LogP contribution in [0.1, 0.15) is 43.4 Å². The third kappa shape index (κ3) is 5.29. The number of benzene rings is 1. The average molecular weight is 540 g/mol. The number of likely N-dealkylation sites (N-methyl/N-ethyl adjacent to an activating group) is 1.